The lowest BCUT2D eigenvalue weighted by Crippen LogP contribution is -2.06. The molecule has 0 aliphatic rings. The van der Waals surface area contributed by atoms with E-state index in [4.69, 9.17) is 5.26 Å². The minimum atomic E-state index is -0.188. The molecule has 0 amide bonds. The predicted octanol–water partition coefficient (Wildman–Crippen LogP) is 2.75. The molecule has 1 N–H and O–H groups in total. The summed E-state index contributed by atoms with van der Waals surface area (Å²) in [6.45, 7) is 0.607. The third kappa shape index (κ3) is 3.05. The number of halogens is 1. The lowest BCUT2D eigenvalue weighted by molar-refractivity contribution is 0.610. The number of anilines is 1. The Kier molecular flexibility index (Phi) is 3.87. The maximum atomic E-state index is 13.4. The minimum Gasteiger partial charge on any atom is -0.385 e. The van der Waals surface area contributed by atoms with Gasteiger partial charge < -0.3 is 5.32 Å². The van der Waals surface area contributed by atoms with Crippen molar-refractivity contribution in [3.05, 3.63) is 59.7 Å². The minimum absolute atomic E-state index is 0.188. The molecule has 1 aromatic heterocycles. The summed E-state index contributed by atoms with van der Waals surface area (Å²) in [5, 5.41) is 11.8. The maximum absolute atomic E-state index is 13.4. The second-order valence-corrected chi connectivity index (χ2v) is 3.81. The van der Waals surface area contributed by atoms with Crippen molar-refractivity contribution in [3.63, 3.8) is 0 Å². The average molecular weight is 241 g/mol. The second-order valence-electron chi connectivity index (χ2n) is 3.81. The van der Waals surface area contributed by atoms with E-state index < -0.39 is 0 Å². The van der Waals surface area contributed by atoms with Crippen molar-refractivity contribution in [1.29, 1.82) is 5.26 Å². The number of benzene rings is 1. The highest BCUT2D eigenvalue weighted by Crippen LogP contribution is 2.10. The van der Waals surface area contributed by atoms with Gasteiger partial charge in [0.1, 0.15) is 17.6 Å². The molecule has 18 heavy (non-hydrogen) atoms. The quantitative estimate of drug-likeness (QED) is 0.895. The molecule has 3 nitrogen and oxygen atoms in total. The van der Waals surface area contributed by atoms with Crippen molar-refractivity contribution in [2.24, 2.45) is 0 Å². The smallest absolute Gasteiger partial charge is 0.142 e. The number of hydrogen-bond acceptors (Lipinski definition) is 3. The van der Waals surface area contributed by atoms with Gasteiger partial charge in [0.2, 0.25) is 0 Å². The van der Waals surface area contributed by atoms with Gasteiger partial charge in [0.25, 0.3) is 0 Å². The van der Waals surface area contributed by atoms with Crippen molar-refractivity contribution in [3.8, 4) is 6.07 Å². The number of nitriles is 1. The van der Waals surface area contributed by atoms with Crippen LogP contribution < -0.4 is 5.32 Å². The van der Waals surface area contributed by atoms with Crippen LogP contribution in [0.4, 0.5) is 10.1 Å². The molecule has 0 fully saturated rings. The van der Waals surface area contributed by atoms with Gasteiger partial charge in [-0.25, -0.2) is 9.37 Å². The first-order chi connectivity index (χ1) is 8.79. The summed E-state index contributed by atoms with van der Waals surface area (Å²) >= 11 is 0. The zero-order valence-electron chi connectivity index (χ0n) is 9.73. The van der Waals surface area contributed by atoms with Crippen molar-refractivity contribution in [1.82, 2.24) is 4.98 Å². The van der Waals surface area contributed by atoms with Gasteiger partial charge in [-0.3, -0.25) is 0 Å². The molecule has 0 aliphatic carbocycles. The third-order valence-electron chi connectivity index (χ3n) is 2.56. The summed E-state index contributed by atoms with van der Waals surface area (Å²) in [5.41, 5.74) is 1.86. The lowest BCUT2D eigenvalue weighted by Gasteiger charge is -2.07. The summed E-state index contributed by atoms with van der Waals surface area (Å²) < 4.78 is 13.4. The Labute approximate surface area is 105 Å². The zero-order valence-corrected chi connectivity index (χ0v) is 9.73. The molecule has 0 atom stereocenters. The Hall–Kier alpha value is -2.41. The van der Waals surface area contributed by atoms with Crippen LogP contribution in [-0.4, -0.2) is 11.5 Å². The fourth-order valence-corrected chi connectivity index (χ4v) is 1.64. The molecule has 0 radical (unpaired) electrons. The molecule has 2 aromatic rings. The first kappa shape index (κ1) is 12.1. The van der Waals surface area contributed by atoms with Crippen LogP contribution in [0.25, 0.3) is 0 Å². The van der Waals surface area contributed by atoms with Crippen LogP contribution in [0, 0.1) is 17.1 Å². The van der Waals surface area contributed by atoms with Crippen molar-refractivity contribution >= 4 is 5.69 Å². The zero-order chi connectivity index (χ0) is 12.8. The second kappa shape index (κ2) is 5.78. The van der Waals surface area contributed by atoms with Gasteiger partial charge in [0.15, 0.2) is 0 Å². The maximum Gasteiger partial charge on any atom is 0.142 e. The van der Waals surface area contributed by atoms with Gasteiger partial charge in [0.05, 0.1) is 0 Å². The van der Waals surface area contributed by atoms with Gasteiger partial charge in [-0.1, -0.05) is 18.2 Å². The molecule has 1 heterocycles. The summed E-state index contributed by atoms with van der Waals surface area (Å²) in [5.74, 6) is -0.188. The van der Waals surface area contributed by atoms with Crippen LogP contribution in [0.5, 0.6) is 0 Å². The summed E-state index contributed by atoms with van der Waals surface area (Å²) in [6.07, 6.45) is 2.17. The van der Waals surface area contributed by atoms with E-state index in [0.29, 0.717) is 24.2 Å². The Morgan fingerprint density at radius 2 is 2.11 bits per heavy atom. The highest BCUT2D eigenvalue weighted by Gasteiger charge is 2.00. The average Bonchev–Trinajstić information content (AvgIpc) is 2.41. The molecule has 0 bridgehead atoms. The Balaban J connectivity index is 1.93. The van der Waals surface area contributed by atoms with Crippen LogP contribution in [0.2, 0.25) is 0 Å². The topological polar surface area (TPSA) is 48.7 Å². The first-order valence-corrected chi connectivity index (χ1v) is 5.63. The fraction of sp³-hybridized carbons (Fsp3) is 0.143. The summed E-state index contributed by atoms with van der Waals surface area (Å²) in [4.78, 5) is 3.88. The van der Waals surface area contributed by atoms with E-state index in [1.165, 1.54) is 6.07 Å². The first-order valence-electron chi connectivity index (χ1n) is 5.63. The number of nitrogens with one attached hydrogen (secondary N) is 1. The number of hydrogen-bond donors (Lipinski definition) is 1. The number of pyridine rings is 1. The van der Waals surface area contributed by atoms with Crippen LogP contribution >= 0.6 is 0 Å². The fourth-order valence-electron chi connectivity index (χ4n) is 1.64. The molecule has 0 saturated carbocycles. The van der Waals surface area contributed by atoms with Crippen molar-refractivity contribution in [2.75, 3.05) is 11.9 Å². The van der Waals surface area contributed by atoms with Crippen LogP contribution in [0.15, 0.2) is 42.6 Å². The van der Waals surface area contributed by atoms with Crippen LogP contribution in [0.3, 0.4) is 0 Å². The van der Waals surface area contributed by atoms with E-state index in [1.807, 2.05) is 12.1 Å². The molecule has 0 spiro atoms. The molecule has 1 aromatic carbocycles. The van der Waals surface area contributed by atoms with Crippen molar-refractivity contribution in [2.45, 2.75) is 6.42 Å². The third-order valence-corrected chi connectivity index (χ3v) is 2.56. The molecular formula is C14H12FN3. The van der Waals surface area contributed by atoms with E-state index in [9.17, 15) is 4.39 Å². The molecule has 0 saturated heterocycles. The van der Waals surface area contributed by atoms with E-state index in [-0.39, 0.29) is 5.82 Å². The highest BCUT2D eigenvalue weighted by atomic mass is 19.1. The Morgan fingerprint density at radius 1 is 1.28 bits per heavy atom. The summed E-state index contributed by atoms with van der Waals surface area (Å²) in [6, 6.07) is 12.1. The number of aromatic nitrogens is 1. The Morgan fingerprint density at radius 3 is 2.89 bits per heavy atom. The largest absolute Gasteiger partial charge is 0.385 e. The van der Waals surface area contributed by atoms with Gasteiger partial charge in [-0.15, -0.1) is 0 Å². The Bertz CT molecular complexity index is 575. The molecule has 0 unspecified atom stereocenters. The van der Waals surface area contributed by atoms with E-state index in [1.54, 1.807) is 30.5 Å². The summed E-state index contributed by atoms with van der Waals surface area (Å²) in [7, 11) is 0. The van der Waals surface area contributed by atoms with Gasteiger partial charge in [-0.05, 0) is 30.2 Å². The van der Waals surface area contributed by atoms with E-state index in [0.717, 1.165) is 5.69 Å². The number of rotatable bonds is 4. The van der Waals surface area contributed by atoms with Gasteiger partial charge in [0, 0.05) is 18.4 Å². The molecule has 4 heteroatoms. The molecule has 0 aliphatic heterocycles. The predicted molar refractivity (Wildman–Crippen MR) is 67.5 cm³/mol. The van der Waals surface area contributed by atoms with Gasteiger partial charge in [-0.2, -0.15) is 5.26 Å². The lowest BCUT2D eigenvalue weighted by atomic mass is 10.1. The molecule has 90 valence electrons. The molecular weight excluding hydrogens is 229 g/mol. The standard InChI is InChI=1S/C14H12FN3/c15-14-4-2-1-3-11(14)5-7-17-12-6-8-18-13(9-12)10-16/h1-4,6,8-9H,5,7H2,(H,17,18). The number of nitrogens with zero attached hydrogens (tertiary/aromatic N) is 2. The van der Waals surface area contributed by atoms with Crippen LogP contribution in [0.1, 0.15) is 11.3 Å². The SMILES string of the molecule is N#Cc1cc(NCCc2ccccc2F)ccn1. The molecule has 2 rings (SSSR count). The van der Waals surface area contributed by atoms with E-state index in [2.05, 4.69) is 10.3 Å². The van der Waals surface area contributed by atoms with E-state index >= 15 is 0 Å². The normalized spacial score (nSPS) is 9.78. The van der Waals surface area contributed by atoms with Crippen LogP contribution in [-0.2, 0) is 6.42 Å². The monoisotopic (exact) mass is 241 g/mol. The van der Waals surface area contributed by atoms with Gasteiger partial charge >= 0.3 is 0 Å². The van der Waals surface area contributed by atoms with Crippen molar-refractivity contribution < 1.29 is 4.39 Å². The highest BCUT2D eigenvalue weighted by molar-refractivity contribution is 5.45.